The van der Waals surface area contributed by atoms with Crippen molar-refractivity contribution in [3.63, 3.8) is 0 Å². The van der Waals surface area contributed by atoms with Crippen LogP contribution in [-0.4, -0.2) is 61.2 Å². The first-order chi connectivity index (χ1) is 10.1. The first kappa shape index (κ1) is 19.2. The number of thioether (sulfide) groups is 1. The number of rotatable bonds is 11. The summed E-state index contributed by atoms with van der Waals surface area (Å²) in [6.45, 7) is 7.12. The summed E-state index contributed by atoms with van der Waals surface area (Å²) in [6.07, 6.45) is 8.64. The van der Waals surface area contributed by atoms with Crippen LogP contribution >= 0.6 is 11.8 Å². The van der Waals surface area contributed by atoms with Gasteiger partial charge in [-0.3, -0.25) is 0 Å². The molecule has 4 nitrogen and oxygen atoms in total. The van der Waals surface area contributed by atoms with Crippen molar-refractivity contribution >= 4 is 11.8 Å². The Bertz CT molecular complexity index is 258. The third kappa shape index (κ3) is 8.41. The highest BCUT2D eigenvalue weighted by Crippen LogP contribution is 2.37. The standard InChI is InChI=1S/C16H33NO3S/c1-14(2)20-10-9-19-12-15(18)11-17-13-16(21-3)7-5-4-6-8-16/h14-15,17-18H,4-13H2,1-3H3. The molecule has 0 saturated heterocycles. The lowest BCUT2D eigenvalue weighted by atomic mass is 9.88. The van der Waals surface area contributed by atoms with Gasteiger partial charge < -0.3 is 19.9 Å². The van der Waals surface area contributed by atoms with E-state index in [0.29, 0.717) is 31.1 Å². The Morgan fingerprint density at radius 1 is 1.19 bits per heavy atom. The molecule has 1 unspecified atom stereocenters. The summed E-state index contributed by atoms with van der Waals surface area (Å²) >= 11 is 1.98. The molecule has 0 aromatic carbocycles. The van der Waals surface area contributed by atoms with Crippen LogP contribution in [0.1, 0.15) is 46.0 Å². The number of aliphatic hydroxyl groups is 1. The molecule has 1 atom stereocenters. The average molecular weight is 320 g/mol. The molecule has 1 saturated carbocycles. The zero-order valence-electron chi connectivity index (χ0n) is 13.9. The van der Waals surface area contributed by atoms with Gasteiger partial charge in [0, 0.05) is 17.8 Å². The summed E-state index contributed by atoms with van der Waals surface area (Å²) in [6, 6.07) is 0. The van der Waals surface area contributed by atoms with Crippen LogP contribution in [0.4, 0.5) is 0 Å². The Labute approximate surface area is 134 Å². The summed E-state index contributed by atoms with van der Waals surface area (Å²) in [5.41, 5.74) is 0. The van der Waals surface area contributed by atoms with Crippen molar-refractivity contribution in [1.29, 1.82) is 0 Å². The topological polar surface area (TPSA) is 50.7 Å². The van der Waals surface area contributed by atoms with Gasteiger partial charge in [0.05, 0.1) is 32.0 Å². The first-order valence-electron chi connectivity index (χ1n) is 8.21. The van der Waals surface area contributed by atoms with E-state index in [2.05, 4.69) is 11.6 Å². The predicted molar refractivity (Wildman–Crippen MR) is 90.1 cm³/mol. The van der Waals surface area contributed by atoms with Crippen LogP contribution in [-0.2, 0) is 9.47 Å². The normalized spacial score (nSPS) is 19.9. The molecular weight excluding hydrogens is 286 g/mol. The highest BCUT2D eigenvalue weighted by Gasteiger charge is 2.30. The Hall–Kier alpha value is 0.190. The molecule has 0 bridgehead atoms. The third-order valence-electron chi connectivity index (χ3n) is 4.01. The van der Waals surface area contributed by atoms with Crippen LogP contribution in [0, 0.1) is 0 Å². The van der Waals surface area contributed by atoms with Crippen molar-refractivity contribution in [3.05, 3.63) is 0 Å². The lowest BCUT2D eigenvalue weighted by Gasteiger charge is -2.36. The Morgan fingerprint density at radius 3 is 2.52 bits per heavy atom. The molecule has 2 N–H and O–H groups in total. The molecule has 1 rings (SSSR count). The second-order valence-electron chi connectivity index (χ2n) is 6.23. The number of hydrogen-bond acceptors (Lipinski definition) is 5. The Balaban J connectivity index is 2.05. The van der Waals surface area contributed by atoms with E-state index in [9.17, 15) is 5.11 Å². The summed E-state index contributed by atoms with van der Waals surface area (Å²) < 4.78 is 11.2. The van der Waals surface area contributed by atoms with E-state index < -0.39 is 6.10 Å². The molecule has 21 heavy (non-hydrogen) atoms. The quantitative estimate of drug-likeness (QED) is 0.573. The van der Waals surface area contributed by atoms with Gasteiger partial charge >= 0.3 is 0 Å². The molecule has 0 heterocycles. The molecule has 0 aromatic rings. The number of nitrogens with one attached hydrogen (secondary N) is 1. The largest absolute Gasteiger partial charge is 0.389 e. The zero-order chi connectivity index (χ0) is 15.6. The predicted octanol–water partition coefficient (Wildman–Crippen LogP) is 2.44. The SMILES string of the molecule is CSC1(CNCC(O)COCCOC(C)C)CCCCC1. The van der Waals surface area contributed by atoms with Gasteiger partial charge in [0.15, 0.2) is 0 Å². The highest BCUT2D eigenvalue weighted by atomic mass is 32.2. The number of aliphatic hydroxyl groups excluding tert-OH is 1. The Morgan fingerprint density at radius 2 is 1.90 bits per heavy atom. The monoisotopic (exact) mass is 319 g/mol. The molecule has 0 radical (unpaired) electrons. The van der Waals surface area contributed by atoms with Gasteiger partial charge in [-0.05, 0) is 32.9 Å². The van der Waals surface area contributed by atoms with Gasteiger partial charge in [-0.25, -0.2) is 0 Å². The average Bonchev–Trinajstić information content (AvgIpc) is 2.47. The third-order valence-corrected chi connectivity index (χ3v) is 5.43. The lowest BCUT2D eigenvalue weighted by molar-refractivity contribution is -0.0101. The zero-order valence-corrected chi connectivity index (χ0v) is 14.7. The molecule has 1 fully saturated rings. The van der Waals surface area contributed by atoms with Crippen LogP contribution in [0.5, 0.6) is 0 Å². The Kier molecular flexibility index (Phi) is 9.93. The summed E-state index contributed by atoms with van der Waals surface area (Å²) in [5.74, 6) is 0. The maximum absolute atomic E-state index is 9.91. The van der Waals surface area contributed by atoms with E-state index in [0.717, 1.165) is 6.54 Å². The van der Waals surface area contributed by atoms with Gasteiger partial charge in [-0.2, -0.15) is 11.8 Å². The maximum Gasteiger partial charge on any atom is 0.0897 e. The van der Waals surface area contributed by atoms with Crippen LogP contribution in [0.15, 0.2) is 0 Å². The van der Waals surface area contributed by atoms with E-state index in [1.165, 1.54) is 32.1 Å². The summed E-state index contributed by atoms with van der Waals surface area (Å²) in [5, 5.41) is 13.3. The molecule has 0 aliphatic heterocycles. The second kappa shape index (κ2) is 10.8. The first-order valence-corrected chi connectivity index (χ1v) is 9.44. The highest BCUT2D eigenvalue weighted by molar-refractivity contribution is 8.00. The van der Waals surface area contributed by atoms with Crippen LogP contribution in [0.25, 0.3) is 0 Å². The van der Waals surface area contributed by atoms with Gasteiger partial charge in [0.2, 0.25) is 0 Å². The summed E-state index contributed by atoms with van der Waals surface area (Å²) in [7, 11) is 0. The van der Waals surface area contributed by atoms with Crippen molar-refractivity contribution in [1.82, 2.24) is 5.32 Å². The lowest BCUT2D eigenvalue weighted by Crippen LogP contribution is -2.42. The molecule has 5 heteroatoms. The molecule has 126 valence electrons. The van der Waals surface area contributed by atoms with Crippen molar-refractivity contribution < 1.29 is 14.6 Å². The van der Waals surface area contributed by atoms with E-state index in [1.54, 1.807) is 0 Å². The molecule has 1 aliphatic carbocycles. The molecule has 0 spiro atoms. The van der Waals surface area contributed by atoms with Crippen molar-refractivity contribution in [3.8, 4) is 0 Å². The smallest absolute Gasteiger partial charge is 0.0897 e. The van der Waals surface area contributed by atoms with E-state index in [1.807, 2.05) is 25.6 Å². The minimum atomic E-state index is -0.438. The molecular formula is C16H33NO3S. The fourth-order valence-electron chi connectivity index (χ4n) is 2.74. The van der Waals surface area contributed by atoms with E-state index in [-0.39, 0.29) is 6.10 Å². The van der Waals surface area contributed by atoms with Crippen molar-refractivity contribution in [2.45, 2.75) is 62.9 Å². The van der Waals surface area contributed by atoms with Gasteiger partial charge in [-0.15, -0.1) is 0 Å². The van der Waals surface area contributed by atoms with Crippen LogP contribution < -0.4 is 5.32 Å². The van der Waals surface area contributed by atoms with Crippen LogP contribution in [0.3, 0.4) is 0 Å². The number of ether oxygens (including phenoxy) is 2. The summed E-state index contributed by atoms with van der Waals surface area (Å²) in [4.78, 5) is 0. The minimum absolute atomic E-state index is 0.235. The van der Waals surface area contributed by atoms with Gasteiger partial charge in [0.1, 0.15) is 0 Å². The van der Waals surface area contributed by atoms with Crippen molar-refractivity contribution in [2.75, 3.05) is 39.2 Å². The van der Waals surface area contributed by atoms with Gasteiger partial charge in [0.25, 0.3) is 0 Å². The number of hydrogen-bond donors (Lipinski definition) is 2. The minimum Gasteiger partial charge on any atom is -0.389 e. The molecule has 0 aromatic heterocycles. The molecule has 1 aliphatic rings. The second-order valence-corrected chi connectivity index (χ2v) is 7.50. The van der Waals surface area contributed by atoms with E-state index >= 15 is 0 Å². The fraction of sp³-hybridized carbons (Fsp3) is 1.00. The molecule has 0 amide bonds. The maximum atomic E-state index is 9.91. The fourth-order valence-corrected chi connectivity index (χ4v) is 3.68. The van der Waals surface area contributed by atoms with Crippen LogP contribution in [0.2, 0.25) is 0 Å². The van der Waals surface area contributed by atoms with E-state index in [4.69, 9.17) is 9.47 Å². The van der Waals surface area contributed by atoms with Crippen molar-refractivity contribution in [2.24, 2.45) is 0 Å². The van der Waals surface area contributed by atoms with Gasteiger partial charge in [-0.1, -0.05) is 19.3 Å².